The van der Waals surface area contributed by atoms with Crippen LogP contribution >= 0.6 is 0 Å². The van der Waals surface area contributed by atoms with E-state index < -0.39 is 5.41 Å². The third-order valence-corrected chi connectivity index (χ3v) is 13.5. The SMILES string of the molecule is C[C@@H](C1CCN(c2ccc([C@H]3CCC(=O)NC3=O)cn2)CC1)N1CC2(CN(C(=O)C3(c4ccccc4)CCN(c4cnnc(-c5ccccc5O)c4)CC3)C2)C1. The lowest BCUT2D eigenvalue weighted by Gasteiger charge is -2.63. The van der Waals surface area contributed by atoms with E-state index in [1.165, 1.54) is 0 Å². The molecule has 0 radical (unpaired) electrons. The molecule has 2 atom stereocenters. The number of rotatable bonds is 8. The predicted octanol–water partition coefficient (Wildman–Crippen LogP) is 4.75. The van der Waals surface area contributed by atoms with Crippen LogP contribution in [0.2, 0.25) is 0 Å². The molecule has 290 valence electrons. The number of nitrogens with zero attached hydrogens (tertiary/aromatic N) is 7. The van der Waals surface area contributed by atoms with Crippen LogP contribution in [-0.4, -0.2) is 106 Å². The number of aromatic hydroxyl groups is 1. The maximum Gasteiger partial charge on any atom is 0.234 e. The first kappa shape index (κ1) is 36.3. The minimum atomic E-state index is -0.564. The van der Waals surface area contributed by atoms with E-state index in [0.717, 1.165) is 101 Å². The molecule has 5 aliphatic rings. The van der Waals surface area contributed by atoms with E-state index in [0.29, 0.717) is 36.1 Å². The molecule has 0 unspecified atom stereocenters. The lowest BCUT2D eigenvalue weighted by atomic mass is 9.67. The van der Waals surface area contributed by atoms with Crippen LogP contribution in [0.1, 0.15) is 62.5 Å². The van der Waals surface area contributed by atoms with Crippen molar-refractivity contribution in [1.29, 1.82) is 0 Å². The summed E-state index contributed by atoms with van der Waals surface area (Å²) in [5, 5.41) is 21.4. The van der Waals surface area contributed by atoms with Crippen LogP contribution in [-0.2, 0) is 19.8 Å². The molecule has 2 aromatic heterocycles. The fraction of sp³-hybridized carbons (Fsp3) is 0.455. The highest BCUT2D eigenvalue weighted by Gasteiger charge is 2.57. The van der Waals surface area contributed by atoms with E-state index >= 15 is 0 Å². The van der Waals surface area contributed by atoms with Crippen molar-refractivity contribution >= 4 is 29.2 Å². The van der Waals surface area contributed by atoms with Gasteiger partial charge in [-0.05, 0) is 80.3 Å². The van der Waals surface area contributed by atoms with Gasteiger partial charge in [-0.25, -0.2) is 4.98 Å². The molecule has 5 aliphatic heterocycles. The molecule has 12 heteroatoms. The second kappa shape index (κ2) is 14.6. The molecule has 4 aromatic rings. The number of phenols is 1. The van der Waals surface area contributed by atoms with Crippen molar-refractivity contribution < 1.29 is 19.5 Å². The van der Waals surface area contributed by atoms with Crippen molar-refractivity contribution in [2.24, 2.45) is 11.3 Å². The first-order valence-corrected chi connectivity index (χ1v) is 20.2. The van der Waals surface area contributed by atoms with Gasteiger partial charge in [0.1, 0.15) is 11.6 Å². The molecule has 7 heterocycles. The molecule has 3 amide bonds. The van der Waals surface area contributed by atoms with Gasteiger partial charge in [-0.3, -0.25) is 24.6 Å². The van der Waals surface area contributed by atoms with Gasteiger partial charge in [-0.1, -0.05) is 48.5 Å². The quantitative estimate of drug-likeness (QED) is 0.243. The van der Waals surface area contributed by atoms with Crippen LogP contribution in [0.25, 0.3) is 11.3 Å². The Morgan fingerprint density at radius 2 is 1.59 bits per heavy atom. The molecular formula is C44H50N8O4. The van der Waals surface area contributed by atoms with Gasteiger partial charge in [-0.15, -0.1) is 0 Å². The Labute approximate surface area is 327 Å². The summed E-state index contributed by atoms with van der Waals surface area (Å²) in [5.74, 6) is 1.25. The maximum atomic E-state index is 14.6. The number of phenolic OH excluding ortho intramolecular Hbond substituents is 1. The first-order chi connectivity index (χ1) is 27.2. The van der Waals surface area contributed by atoms with E-state index in [2.05, 4.69) is 54.2 Å². The Bertz CT molecular complexity index is 2080. The average Bonchev–Trinajstić information content (AvgIpc) is 3.20. The number of carbonyl (C=O) groups is 3. The Morgan fingerprint density at radius 1 is 0.857 bits per heavy atom. The highest BCUT2D eigenvalue weighted by Crippen LogP contribution is 2.47. The number of piperidine rings is 3. The molecular weight excluding hydrogens is 705 g/mol. The van der Waals surface area contributed by atoms with Crippen LogP contribution in [0, 0.1) is 11.3 Å². The summed E-state index contributed by atoms with van der Waals surface area (Å²) in [5.41, 5.74) is 3.82. The smallest absolute Gasteiger partial charge is 0.234 e. The number of benzene rings is 2. The predicted molar refractivity (Wildman–Crippen MR) is 213 cm³/mol. The van der Waals surface area contributed by atoms with Crippen LogP contribution in [0.4, 0.5) is 11.5 Å². The zero-order valence-corrected chi connectivity index (χ0v) is 32.0. The van der Waals surface area contributed by atoms with Gasteiger partial charge in [0.2, 0.25) is 17.7 Å². The number of likely N-dealkylation sites (tertiary alicyclic amines) is 2. The van der Waals surface area contributed by atoms with Gasteiger partial charge in [0.05, 0.1) is 28.9 Å². The number of hydrogen-bond donors (Lipinski definition) is 2. The lowest BCUT2D eigenvalue weighted by molar-refractivity contribution is -0.171. The van der Waals surface area contributed by atoms with E-state index in [-0.39, 0.29) is 34.8 Å². The van der Waals surface area contributed by atoms with Crippen molar-refractivity contribution in [1.82, 2.24) is 30.3 Å². The molecule has 56 heavy (non-hydrogen) atoms. The van der Waals surface area contributed by atoms with Crippen molar-refractivity contribution in [3.8, 4) is 17.0 Å². The summed E-state index contributed by atoms with van der Waals surface area (Å²) in [6.07, 6.45) is 8.12. The second-order valence-electron chi connectivity index (χ2n) is 16.8. The highest BCUT2D eigenvalue weighted by molar-refractivity contribution is 6.00. The van der Waals surface area contributed by atoms with Gasteiger partial charge in [-0.2, -0.15) is 10.2 Å². The molecule has 5 saturated heterocycles. The van der Waals surface area contributed by atoms with Crippen LogP contribution in [0.15, 0.2) is 85.2 Å². The van der Waals surface area contributed by atoms with Crippen molar-refractivity contribution in [3.63, 3.8) is 0 Å². The van der Waals surface area contributed by atoms with Crippen LogP contribution < -0.4 is 15.1 Å². The fourth-order valence-corrected chi connectivity index (χ4v) is 10.1. The number of anilines is 2. The lowest BCUT2D eigenvalue weighted by Crippen LogP contribution is -2.75. The van der Waals surface area contributed by atoms with Crippen molar-refractivity contribution in [2.45, 2.75) is 62.8 Å². The van der Waals surface area contributed by atoms with Gasteiger partial charge < -0.3 is 19.8 Å². The molecule has 12 nitrogen and oxygen atoms in total. The Hall–Kier alpha value is -5.36. The van der Waals surface area contributed by atoms with Gasteiger partial charge >= 0.3 is 0 Å². The van der Waals surface area contributed by atoms with Crippen LogP contribution in [0.5, 0.6) is 5.75 Å². The fourth-order valence-electron chi connectivity index (χ4n) is 10.1. The summed E-state index contributed by atoms with van der Waals surface area (Å²) in [7, 11) is 0. The number of carbonyl (C=O) groups excluding carboxylic acids is 3. The zero-order chi connectivity index (χ0) is 38.4. The summed E-state index contributed by atoms with van der Waals surface area (Å²) >= 11 is 0. The third-order valence-electron chi connectivity index (χ3n) is 13.5. The van der Waals surface area contributed by atoms with E-state index in [9.17, 15) is 19.5 Å². The number of para-hydroxylation sites is 1. The monoisotopic (exact) mass is 754 g/mol. The van der Waals surface area contributed by atoms with E-state index in [1.54, 1.807) is 24.5 Å². The van der Waals surface area contributed by atoms with Crippen molar-refractivity contribution in [3.05, 3.63) is 96.3 Å². The normalized spacial score (nSPS) is 22.9. The van der Waals surface area contributed by atoms with Gasteiger partial charge in [0.15, 0.2) is 0 Å². The molecule has 2 aromatic carbocycles. The second-order valence-corrected chi connectivity index (χ2v) is 16.8. The minimum absolute atomic E-state index is 0.176. The molecule has 1 spiro atoms. The summed E-state index contributed by atoms with van der Waals surface area (Å²) in [6.45, 7) is 9.46. The average molecular weight is 755 g/mol. The molecule has 0 saturated carbocycles. The molecule has 9 rings (SSSR count). The topological polar surface area (TPSA) is 135 Å². The molecule has 5 fully saturated rings. The number of amides is 3. The zero-order valence-electron chi connectivity index (χ0n) is 32.0. The van der Waals surface area contributed by atoms with Crippen molar-refractivity contribution in [2.75, 3.05) is 62.2 Å². The van der Waals surface area contributed by atoms with E-state index in [4.69, 9.17) is 4.98 Å². The number of aromatic nitrogens is 3. The standard InChI is InChI=1S/C44H50N8O4/c1-30(31-15-19-50(20-16-31)39-13-11-32(24-45-39)35-12-14-40(54)47-41(35)55)51-26-43(27-51)28-52(29-43)42(56)44(33-7-3-2-4-8-33)17-21-49(22-18-44)34-23-37(48-46-25-34)36-9-5-6-10-38(36)53/h2-11,13,23-25,30-31,35,53H,12,14-22,26-29H2,1H3,(H,47,54,55)/t30-,35+/m0/s1. The summed E-state index contributed by atoms with van der Waals surface area (Å²) in [4.78, 5) is 52.6. The molecule has 0 aliphatic carbocycles. The highest BCUT2D eigenvalue weighted by atomic mass is 16.3. The summed E-state index contributed by atoms with van der Waals surface area (Å²) in [6, 6.07) is 24.0. The largest absolute Gasteiger partial charge is 0.507 e. The Balaban J connectivity index is 0.782. The first-order valence-electron chi connectivity index (χ1n) is 20.2. The maximum absolute atomic E-state index is 14.6. The summed E-state index contributed by atoms with van der Waals surface area (Å²) < 4.78 is 0. The Kier molecular flexibility index (Phi) is 9.47. The van der Waals surface area contributed by atoms with Crippen LogP contribution in [0.3, 0.4) is 0 Å². The van der Waals surface area contributed by atoms with Gasteiger partial charge in [0, 0.05) is 82.0 Å². The molecule has 2 N–H and O–H groups in total. The molecule has 0 bridgehead atoms. The number of imide groups is 1. The van der Waals surface area contributed by atoms with E-state index in [1.807, 2.05) is 48.5 Å². The number of hydrogen-bond acceptors (Lipinski definition) is 10. The third kappa shape index (κ3) is 6.67. The number of pyridine rings is 1. The Morgan fingerprint density at radius 3 is 2.29 bits per heavy atom. The number of nitrogens with one attached hydrogen (secondary N) is 1. The minimum Gasteiger partial charge on any atom is -0.507 e. The van der Waals surface area contributed by atoms with Gasteiger partial charge in [0.25, 0.3) is 0 Å².